The van der Waals surface area contributed by atoms with E-state index in [0.717, 1.165) is 38.5 Å². The molecule has 0 aliphatic heterocycles. The summed E-state index contributed by atoms with van der Waals surface area (Å²) < 4.78 is 23.8. The molecule has 0 spiro atoms. The third-order valence-electron chi connectivity index (χ3n) is 13.9. The Bertz CT molecular complexity index is 1040. The molecule has 66 heavy (non-hydrogen) atoms. The summed E-state index contributed by atoms with van der Waals surface area (Å²) in [6, 6.07) is -0.755. The second-order valence-corrected chi connectivity index (χ2v) is 23.2. The Balaban J connectivity index is 4.06. The van der Waals surface area contributed by atoms with E-state index in [-0.39, 0.29) is 19.1 Å². The number of aliphatic hydroxyl groups excluding tert-OH is 1. The lowest BCUT2D eigenvalue weighted by molar-refractivity contribution is -0.870. The number of phosphoric ester groups is 1. The normalized spacial score (nSPS) is 13.9. The minimum Gasteiger partial charge on any atom is -0.391 e. The Morgan fingerprint density at radius 1 is 0.455 bits per heavy atom. The van der Waals surface area contributed by atoms with Gasteiger partial charge in [0.1, 0.15) is 13.2 Å². The van der Waals surface area contributed by atoms with Crippen LogP contribution in [0, 0.1) is 0 Å². The van der Waals surface area contributed by atoms with Gasteiger partial charge in [-0.25, -0.2) is 4.57 Å². The quantitative estimate of drug-likeness (QED) is 0.0319. The summed E-state index contributed by atoms with van der Waals surface area (Å²) in [5.74, 6) is -0.137. The maximum Gasteiger partial charge on any atom is 0.472 e. The molecule has 0 aliphatic rings. The van der Waals surface area contributed by atoms with Crippen LogP contribution in [0.25, 0.3) is 0 Å². The molecule has 3 N–H and O–H groups in total. The predicted molar refractivity (Wildman–Crippen MR) is 286 cm³/mol. The van der Waals surface area contributed by atoms with Gasteiger partial charge in [-0.3, -0.25) is 13.8 Å². The summed E-state index contributed by atoms with van der Waals surface area (Å²) in [5, 5.41) is 14.1. The number of carbonyl (C=O) groups is 1. The summed E-state index contributed by atoms with van der Waals surface area (Å²) in [7, 11) is 1.64. The lowest BCUT2D eigenvalue weighted by Crippen LogP contribution is -2.46. The molecular formula is C57H118N2O6P+. The summed E-state index contributed by atoms with van der Waals surface area (Å²) in [6.45, 7) is 4.94. The third kappa shape index (κ3) is 51.4. The summed E-state index contributed by atoms with van der Waals surface area (Å²) in [6.07, 6.45) is 58.8. The summed E-state index contributed by atoms with van der Waals surface area (Å²) >= 11 is 0. The highest BCUT2D eigenvalue weighted by atomic mass is 31.2. The second kappa shape index (κ2) is 49.5. The van der Waals surface area contributed by atoms with Crippen molar-refractivity contribution in [3.63, 3.8) is 0 Å². The van der Waals surface area contributed by atoms with Gasteiger partial charge >= 0.3 is 7.82 Å². The number of hydrogen-bond donors (Lipinski definition) is 3. The molecular weight excluding hydrogens is 840 g/mol. The number of quaternary nitrogens is 1. The van der Waals surface area contributed by atoms with Gasteiger partial charge in [-0.05, 0) is 12.8 Å². The first-order chi connectivity index (χ1) is 32.0. The highest BCUT2D eigenvalue weighted by Crippen LogP contribution is 2.43. The van der Waals surface area contributed by atoms with Gasteiger partial charge < -0.3 is 19.8 Å². The Morgan fingerprint density at radius 3 is 1.02 bits per heavy atom. The molecule has 396 valence electrons. The van der Waals surface area contributed by atoms with Crippen molar-refractivity contribution >= 4 is 13.7 Å². The van der Waals surface area contributed by atoms with E-state index < -0.39 is 20.0 Å². The highest BCUT2D eigenvalue weighted by molar-refractivity contribution is 7.47. The van der Waals surface area contributed by atoms with Gasteiger partial charge in [-0.2, -0.15) is 0 Å². The first-order valence-electron chi connectivity index (χ1n) is 29.4. The zero-order valence-corrected chi connectivity index (χ0v) is 46.1. The molecule has 0 heterocycles. The summed E-state index contributed by atoms with van der Waals surface area (Å²) in [4.78, 5) is 23.3. The minimum absolute atomic E-state index is 0.0791. The van der Waals surface area contributed by atoms with E-state index in [1.54, 1.807) is 0 Å². The lowest BCUT2D eigenvalue weighted by Gasteiger charge is -2.26. The predicted octanol–water partition coefficient (Wildman–Crippen LogP) is 17.7. The third-order valence-corrected chi connectivity index (χ3v) is 14.8. The van der Waals surface area contributed by atoms with Crippen LogP contribution >= 0.6 is 7.82 Å². The van der Waals surface area contributed by atoms with Gasteiger partial charge in [-0.1, -0.05) is 290 Å². The van der Waals surface area contributed by atoms with Crippen molar-refractivity contribution in [2.75, 3.05) is 40.9 Å². The number of aliphatic hydroxyl groups is 1. The number of phosphoric acid groups is 1. The molecule has 8 nitrogen and oxygen atoms in total. The van der Waals surface area contributed by atoms with Crippen molar-refractivity contribution in [3.05, 3.63) is 0 Å². The van der Waals surface area contributed by atoms with E-state index in [4.69, 9.17) is 9.05 Å². The van der Waals surface area contributed by atoms with E-state index in [9.17, 15) is 19.4 Å². The van der Waals surface area contributed by atoms with Crippen LogP contribution in [-0.4, -0.2) is 73.4 Å². The van der Waals surface area contributed by atoms with Crippen LogP contribution < -0.4 is 5.32 Å². The number of nitrogens with one attached hydrogen (secondary N) is 1. The van der Waals surface area contributed by atoms with Crippen LogP contribution in [-0.2, 0) is 18.4 Å². The molecule has 0 aromatic rings. The Hall–Kier alpha value is -0.500. The zero-order chi connectivity index (χ0) is 48.5. The van der Waals surface area contributed by atoms with Crippen LogP contribution in [0.2, 0.25) is 0 Å². The molecule has 0 aliphatic carbocycles. The van der Waals surface area contributed by atoms with Crippen LogP contribution in [0.3, 0.4) is 0 Å². The fourth-order valence-corrected chi connectivity index (χ4v) is 9.96. The molecule has 1 amide bonds. The van der Waals surface area contributed by atoms with Crippen LogP contribution in [0.4, 0.5) is 0 Å². The van der Waals surface area contributed by atoms with E-state index in [0.29, 0.717) is 23.9 Å². The molecule has 0 radical (unpaired) electrons. The smallest absolute Gasteiger partial charge is 0.391 e. The van der Waals surface area contributed by atoms with E-state index in [1.165, 1.54) is 244 Å². The van der Waals surface area contributed by atoms with Crippen molar-refractivity contribution in [1.82, 2.24) is 5.32 Å². The van der Waals surface area contributed by atoms with Gasteiger partial charge in [0.15, 0.2) is 0 Å². The monoisotopic (exact) mass is 958 g/mol. The molecule has 9 heteroatoms. The number of rotatable bonds is 55. The van der Waals surface area contributed by atoms with Gasteiger partial charge in [0.05, 0.1) is 39.9 Å². The molecule has 0 saturated heterocycles. The number of carbonyl (C=O) groups excluding carboxylic acids is 1. The van der Waals surface area contributed by atoms with Crippen LogP contribution in [0.5, 0.6) is 0 Å². The van der Waals surface area contributed by atoms with Crippen molar-refractivity contribution in [2.24, 2.45) is 0 Å². The average Bonchev–Trinajstić information content (AvgIpc) is 3.28. The van der Waals surface area contributed by atoms with Gasteiger partial charge in [0, 0.05) is 6.42 Å². The fraction of sp³-hybridized carbons (Fsp3) is 0.982. The minimum atomic E-state index is -4.32. The highest BCUT2D eigenvalue weighted by Gasteiger charge is 2.28. The first kappa shape index (κ1) is 65.5. The first-order valence-corrected chi connectivity index (χ1v) is 30.9. The van der Waals surface area contributed by atoms with Gasteiger partial charge in [0.25, 0.3) is 0 Å². The van der Waals surface area contributed by atoms with E-state index in [1.807, 2.05) is 21.1 Å². The fourth-order valence-electron chi connectivity index (χ4n) is 9.23. The molecule has 0 aromatic heterocycles. The molecule has 3 unspecified atom stereocenters. The van der Waals surface area contributed by atoms with E-state index in [2.05, 4.69) is 19.2 Å². The SMILES string of the molecule is CCCCCCCCCCCCCCCCCCCCCCCCCCCCCCC(O)C(COP(=O)(O)OCC[N+](C)(C)C)NC(=O)CCCCCCCCCCCCCCCCCC. The number of likely N-dealkylation sites (N-methyl/N-ethyl adjacent to an activating group) is 1. The van der Waals surface area contributed by atoms with Crippen molar-refractivity contribution in [3.8, 4) is 0 Å². The molecule has 0 fully saturated rings. The number of nitrogens with zero attached hydrogens (tertiary/aromatic N) is 1. The average molecular weight is 959 g/mol. The Morgan fingerprint density at radius 2 is 0.727 bits per heavy atom. The van der Waals surface area contributed by atoms with Crippen molar-refractivity contribution in [2.45, 2.75) is 321 Å². The number of unbranched alkanes of at least 4 members (excludes halogenated alkanes) is 42. The maximum absolute atomic E-state index is 13.0. The van der Waals surface area contributed by atoms with Crippen molar-refractivity contribution < 1.29 is 32.9 Å². The van der Waals surface area contributed by atoms with Crippen LogP contribution in [0.15, 0.2) is 0 Å². The van der Waals surface area contributed by atoms with E-state index >= 15 is 0 Å². The van der Waals surface area contributed by atoms with Gasteiger partial charge in [0.2, 0.25) is 5.91 Å². The number of amides is 1. The molecule has 0 bridgehead atoms. The van der Waals surface area contributed by atoms with Crippen molar-refractivity contribution in [1.29, 1.82) is 0 Å². The molecule has 0 aromatic carbocycles. The van der Waals surface area contributed by atoms with Gasteiger partial charge in [-0.15, -0.1) is 0 Å². The summed E-state index contributed by atoms with van der Waals surface area (Å²) in [5.41, 5.74) is 0. The Labute approximate surface area is 412 Å². The molecule has 0 rings (SSSR count). The standard InChI is InChI=1S/C57H117N2O6P/c1-6-8-10-12-14-16-18-20-22-24-25-26-27-28-29-30-31-32-33-34-35-36-38-40-42-44-46-48-50-56(60)55(54-65-66(62,63)64-53-52-59(3,4)5)58-57(61)51-49-47-45-43-41-39-37-23-21-19-17-15-13-11-9-7-2/h55-56,60H,6-54H2,1-5H3,(H-,58,61,62,63)/p+1. The topological polar surface area (TPSA) is 105 Å². The Kier molecular flexibility index (Phi) is 49.1. The zero-order valence-electron chi connectivity index (χ0n) is 45.2. The van der Waals surface area contributed by atoms with Crippen LogP contribution in [0.1, 0.15) is 309 Å². The molecule has 3 atom stereocenters. The maximum atomic E-state index is 13.0. The number of hydrogen-bond acceptors (Lipinski definition) is 5. The largest absolute Gasteiger partial charge is 0.472 e. The lowest BCUT2D eigenvalue weighted by atomic mass is 10.0. The molecule has 0 saturated carbocycles. The second-order valence-electron chi connectivity index (χ2n) is 21.7.